The SMILES string of the molecule is CC(=O)Nc1ccc(-c2cc(C(N)=O)c(NC(C)=O)s2)cc1. The molecular weight excluding hydrogens is 302 g/mol. The smallest absolute Gasteiger partial charge is 0.251 e. The van der Waals surface area contributed by atoms with Gasteiger partial charge in [0.1, 0.15) is 5.00 Å². The highest BCUT2D eigenvalue weighted by Gasteiger charge is 2.15. The summed E-state index contributed by atoms with van der Waals surface area (Å²) in [6, 6.07) is 8.81. The van der Waals surface area contributed by atoms with Gasteiger partial charge in [-0.15, -0.1) is 11.3 Å². The number of carbonyl (C=O) groups excluding carboxylic acids is 3. The molecule has 2 rings (SSSR count). The van der Waals surface area contributed by atoms with Crippen LogP contribution in [0.25, 0.3) is 10.4 Å². The summed E-state index contributed by atoms with van der Waals surface area (Å²) in [5.74, 6) is -1.01. The third kappa shape index (κ3) is 3.70. The summed E-state index contributed by atoms with van der Waals surface area (Å²) in [6.07, 6.45) is 0. The first-order valence-corrected chi connectivity index (χ1v) is 7.27. The molecule has 0 spiro atoms. The third-order valence-electron chi connectivity index (χ3n) is 2.78. The molecule has 2 aromatic rings. The van der Waals surface area contributed by atoms with Crippen molar-refractivity contribution >= 4 is 39.7 Å². The minimum absolute atomic E-state index is 0.146. The second-order valence-corrected chi connectivity index (χ2v) is 5.71. The van der Waals surface area contributed by atoms with Crippen LogP contribution in [0.1, 0.15) is 24.2 Å². The molecule has 6 nitrogen and oxygen atoms in total. The van der Waals surface area contributed by atoms with Gasteiger partial charge >= 0.3 is 0 Å². The Morgan fingerprint density at radius 3 is 2.09 bits per heavy atom. The topological polar surface area (TPSA) is 101 Å². The van der Waals surface area contributed by atoms with Crippen molar-refractivity contribution in [3.05, 3.63) is 35.9 Å². The zero-order valence-corrected chi connectivity index (χ0v) is 12.9. The van der Waals surface area contributed by atoms with Crippen molar-refractivity contribution in [3.8, 4) is 10.4 Å². The van der Waals surface area contributed by atoms with Crippen LogP contribution in [0.3, 0.4) is 0 Å². The van der Waals surface area contributed by atoms with Crippen LogP contribution in [0.4, 0.5) is 10.7 Å². The van der Waals surface area contributed by atoms with Crippen LogP contribution in [-0.4, -0.2) is 17.7 Å². The minimum atomic E-state index is -0.596. The molecule has 0 aliphatic heterocycles. The standard InChI is InChI=1S/C15H15N3O3S/c1-8(19)17-11-5-3-10(4-6-11)13-7-12(14(16)21)15(22-13)18-9(2)20/h3-7H,1-2H3,(H2,16,21)(H,17,19)(H,18,20). The Labute approximate surface area is 131 Å². The zero-order valence-electron chi connectivity index (χ0n) is 12.1. The fourth-order valence-corrected chi connectivity index (χ4v) is 3.01. The van der Waals surface area contributed by atoms with E-state index in [0.717, 1.165) is 10.4 Å². The van der Waals surface area contributed by atoms with Crippen molar-refractivity contribution in [1.82, 2.24) is 0 Å². The number of amides is 3. The molecular formula is C15H15N3O3S. The van der Waals surface area contributed by atoms with Crippen molar-refractivity contribution < 1.29 is 14.4 Å². The van der Waals surface area contributed by atoms with Gasteiger partial charge < -0.3 is 16.4 Å². The Morgan fingerprint density at radius 2 is 1.59 bits per heavy atom. The van der Waals surface area contributed by atoms with Gasteiger partial charge in [0.15, 0.2) is 0 Å². The van der Waals surface area contributed by atoms with Crippen molar-refractivity contribution in [2.75, 3.05) is 10.6 Å². The van der Waals surface area contributed by atoms with E-state index in [9.17, 15) is 14.4 Å². The maximum atomic E-state index is 11.5. The first kappa shape index (κ1) is 15.7. The molecule has 1 heterocycles. The average molecular weight is 317 g/mol. The molecule has 0 aliphatic rings. The summed E-state index contributed by atoms with van der Waals surface area (Å²) in [6.45, 7) is 2.80. The lowest BCUT2D eigenvalue weighted by molar-refractivity contribution is -0.115. The van der Waals surface area contributed by atoms with Crippen LogP contribution in [-0.2, 0) is 9.59 Å². The number of benzene rings is 1. The van der Waals surface area contributed by atoms with Gasteiger partial charge in [0.2, 0.25) is 11.8 Å². The summed E-state index contributed by atoms with van der Waals surface area (Å²) < 4.78 is 0. The normalized spacial score (nSPS) is 10.1. The number of nitrogens with two attached hydrogens (primary N) is 1. The Balaban J connectivity index is 2.34. The van der Waals surface area contributed by atoms with E-state index < -0.39 is 5.91 Å². The van der Waals surface area contributed by atoms with E-state index in [1.54, 1.807) is 18.2 Å². The minimum Gasteiger partial charge on any atom is -0.366 e. The lowest BCUT2D eigenvalue weighted by atomic mass is 10.1. The van der Waals surface area contributed by atoms with Gasteiger partial charge in [-0.2, -0.15) is 0 Å². The van der Waals surface area contributed by atoms with Crippen LogP contribution in [0, 0.1) is 0 Å². The van der Waals surface area contributed by atoms with Gasteiger partial charge in [0.05, 0.1) is 5.56 Å². The number of anilines is 2. The van der Waals surface area contributed by atoms with Crippen molar-refractivity contribution in [3.63, 3.8) is 0 Å². The van der Waals surface area contributed by atoms with Gasteiger partial charge in [-0.25, -0.2) is 0 Å². The number of hydrogen-bond acceptors (Lipinski definition) is 4. The van der Waals surface area contributed by atoms with Gasteiger partial charge in [0.25, 0.3) is 5.91 Å². The van der Waals surface area contributed by atoms with E-state index in [-0.39, 0.29) is 17.4 Å². The molecule has 1 aromatic carbocycles. The van der Waals surface area contributed by atoms with Gasteiger partial charge in [-0.3, -0.25) is 14.4 Å². The van der Waals surface area contributed by atoms with E-state index in [2.05, 4.69) is 10.6 Å². The molecule has 0 saturated carbocycles. The molecule has 0 aliphatic carbocycles. The first-order chi connectivity index (χ1) is 10.4. The molecule has 3 amide bonds. The summed E-state index contributed by atoms with van der Waals surface area (Å²) in [5.41, 5.74) is 7.15. The number of primary amides is 1. The molecule has 0 saturated heterocycles. The molecule has 4 N–H and O–H groups in total. The summed E-state index contributed by atoms with van der Waals surface area (Å²) in [4.78, 5) is 34.4. The Hall–Kier alpha value is -2.67. The summed E-state index contributed by atoms with van der Waals surface area (Å²) in [5, 5.41) is 5.71. The molecule has 0 radical (unpaired) electrons. The van der Waals surface area contributed by atoms with Crippen molar-refractivity contribution in [2.45, 2.75) is 13.8 Å². The molecule has 0 bridgehead atoms. The van der Waals surface area contributed by atoms with Gasteiger partial charge in [-0.05, 0) is 23.8 Å². The van der Waals surface area contributed by atoms with E-state index in [1.165, 1.54) is 25.2 Å². The molecule has 22 heavy (non-hydrogen) atoms. The number of hydrogen-bond donors (Lipinski definition) is 3. The highest BCUT2D eigenvalue weighted by molar-refractivity contribution is 7.20. The van der Waals surface area contributed by atoms with Crippen molar-refractivity contribution in [1.29, 1.82) is 0 Å². The van der Waals surface area contributed by atoms with Crippen LogP contribution in [0.5, 0.6) is 0 Å². The predicted octanol–water partition coefficient (Wildman–Crippen LogP) is 2.43. The van der Waals surface area contributed by atoms with Gasteiger partial charge in [0, 0.05) is 24.4 Å². The molecule has 7 heteroatoms. The third-order valence-corrected chi connectivity index (χ3v) is 3.88. The Kier molecular flexibility index (Phi) is 4.57. The van der Waals surface area contributed by atoms with E-state index in [1.807, 2.05) is 12.1 Å². The number of nitrogens with one attached hydrogen (secondary N) is 2. The van der Waals surface area contributed by atoms with Crippen LogP contribution >= 0.6 is 11.3 Å². The summed E-state index contributed by atoms with van der Waals surface area (Å²) in [7, 11) is 0. The van der Waals surface area contributed by atoms with Gasteiger partial charge in [-0.1, -0.05) is 12.1 Å². The largest absolute Gasteiger partial charge is 0.366 e. The highest BCUT2D eigenvalue weighted by atomic mass is 32.1. The fraction of sp³-hybridized carbons (Fsp3) is 0.133. The Morgan fingerprint density at radius 1 is 1.00 bits per heavy atom. The second-order valence-electron chi connectivity index (χ2n) is 4.66. The van der Waals surface area contributed by atoms with E-state index in [4.69, 9.17) is 5.73 Å². The molecule has 1 aromatic heterocycles. The van der Waals surface area contributed by atoms with Crippen LogP contribution in [0.2, 0.25) is 0 Å². The molecule has 114 valence electrons. The molecule has 0 unspecified atom stereocenters. The highest BCUT2D eigenvalue weighted by Crippen LogP contribution is 2.35. The molecule has 0 fully saturated rings. The predicted molar refractivity (Wildman–Crippen MR) is 86.9 cm³/mol. The second kappa shape index (κ2) is 6.40. The lowest BCUT2D eigenvalue weighted by Gasteiger charge is -2.03. The average Bonchev–Trinajstić information content (AvgIpc) is 2.82. The molecule has 0 atom stereocenters. The number of rotatable bonds is 4. The lowest BCUT2D eigenvalue weighted by Crippen LogP contribution is -2.14. The number of carbonyl (C=O) groups is 3. The van der Waals surface area contributed by atoms with Crippen LogP contribution in [0.15, 0.2) is 30.3 Å². The van der Waals surface area contributed by atoms with E-state index in [0.29, 0.717) is 10.7 Å². The summed E-state index contributed by atoms with van der Waals surface area (Å²) >= 11 is 1.27. The fourth-order valence-electron chi connectivity index (χ4n) is 1.89. The first-order valence-electron chi connectivity index (χ1n) is 6.46. The van der Waals surface area contributed by atoms with Crippen molar-refractivity contribution in [2.24, 2.45) is 5.73 Å². The van der Waals surface area contributed by atoms with E-state index >= 15 is 0 Å². The zero-order chi connectivity index (χ0) is 16.3. The maximum Gasteiger partial charge on any atom is 0.251 e. The maximum absolute atomic E-state index is 11.5. The quantitative estimate of drug-likeness (QED) is 0.807. The van der Waals surface area contributed by atoms with Crippen LogP contribution < -0.4 is 16.4 Å². The monoisotopic (exact) mass is 317 g/mol. The Bertz CT molecular complexity index is 735. The number of thiophene rings is 1.